The number of anilines is 1. The monoisotopic (exact) mass is 377 g/mol. The van der Waals surface area contributed by atoms with Gasteiger partial charge in [-0.25, -0.2) is 9.78 Å². The molecule has 4 nitrogen and oxygen atoms in total. The number of hydrogen-bond acceptors (Lipinski definition) is 3. The fourth-order valence-corrected chi connectivity index (χ4v) is 4.34. The van der Waals surface area contributed by atoms with Crippen molar-refractivity contribution < 1.29 is 4.79 Å². The highest BCUT2D eigenvalue weighted by atomic mass is 32.1. The molecule has 1 aromatic heterocycles. The van der Waals surface area contributed by atoms with Crippen molar-refractivity contribution in [2.24, 2.45) is 0 Å². The zero-order valence-corrected chi connectivity index (χ0v) is 16.7. The van der Waals surface area contributed by atoms with Crippen molar-refractivity contribution in [1.82, 2.24) is 9.88 Å². The zero-order valence-electron chi connectivity index (χ0n) is 15.9. The number of hydrogen-bond donors (Lipinski definition) is 1. The Morgan fingerprint density at radius 1 is 1.07 bits per heavy atom. The molecule has 2 aromatic carbocycles. The Labute approximate surface area is 163 Å². The maximum Gasteiger partial charge on any atom is 0.322 e. The summed E-state index contributed by atoms with van der Waals surface area (Å²) in [7, 11) is 0. The summed E-state index contributed by atoms with van der Waals surface area (Å²) < 4.78 is 0. The SMILES string of the molecule is Cc1ccc(-c2nc3c(s2)CN(C(=O)Nc2ccc(C)c(C)c2)CC3)cc1. The predicted molar refractivity (Wildman–Crippen MR) is 111 cm³/mol. The van der Waals surface area contributed by atoms with Crippen molar-refractivity contribution in [2.45, 2.75) is 33.7 Å². The Bertz CT molecular complexity index is 991. The summed E-state index contributed by atoms with van der Waals surface area (Å²) in [5, 5.41) is 4.06. The van der Waals surface area contributed by atoms with E-state index in [0.29, 0.717) is 13.1 Å². The second-order valence-corrected chi connectivity index (χ2v) is 8.24. The van der Waals surface area contributed by atoms with E-state index in [9.17, 15) is 4.79 Å². The molecule has 1 aliphatic rings. The minimum Gasteiger partial charge on any atom is -0.319 e. The highest BCUT2D eigenvalue weighted by Crippen LogP contribution is 2.32. The van der Waals surface area contributed by atoms with Crippen LogP contribution in [0.1, 0.15) is 27.3 Å². The standard InChI is InChI=1S/C22H23N3OS/c1-14-4-7-17(8-5-14)21-24-19-10-11-25(13-20(19)27-21)22(26)23-18-9-6-15(2)16(3)12-18/h4-9,12H,10-11,13H2,1-3H3,(H,23,26). The number of carbonyl (C=O) groups excluding carboxylic acids is 1. The average Bonchev–Trinajstić information content (AvgIpc) is 3.08. The molecule has 2 heterocycles. The lowest BCUT2D eigenvalue weighted by Crippen LogP contribution is -2.38. The molecule has 0 saturated heterocycles. The van der Waals surface area contributed by atoms with Crippen LogP contribution < -0.4 is 5.32 Å². The van der Waals surface area contributed by atoms with Crippen LogP contribution in [0.15, 0.2) is 42.5 Å². The molecular weight excluding hydrogens is 354 g/mol. The van der Waals surface area contributed by atoms with Gasteiger partial charge in [0.2, 0.25) is 0 Å². The van der Waals surface area contributed by atoms with Crippen LogP contribution in [-0.2, 0) is 13.0 Å². The van der Waals surface area contributed by atoms with Crippen LogP contribution in [0.3, 0.4) is 0 Å². The molecule has 138 valence electrons. The molecule has 0 fully saturated rings. The molecule has 27 heavy (non-hydrogen) atoms. The number of fused-ring (bicyclic) bond motifs is 1. The first-order chi connectivity index (χ1) is 13.0. The third-order valence-electron chi connectivity index (χ3n) is 5.08. The minimum absolute atomic E-state index is 0.0470. The number of aryl methyl sites for hydroxylation is 3. The van der Waals surface area contributed by atoms with Crippen molar-refractivity contribution in [1.29, 1.82) is 0 Å². The van der Waals surface area contributed by atoms with Gasteiger partial charge < -0.3 is 10.2 Å². The molecule has 3 aromatic rings. The lowest BCUT2D eigenvalue weighted by molar-refractivity contribution is 0.207. The summed E-state index contributed by atoms with van der Waals surface area (Å²) in [6, 6.07) is 14.4. The predicted octanol–water partition coefficient (Wildman–Crippen LogP) is 5.33. The van der Waals surface area contributed by atoms with E-state index in [0.717, 1.165) is 28.4 Å². The molecule has 0 radical (unpaired) electrons. The van der Waals surface area contributed by atoms with Crippen LogP contribution in [0, 0.1) is 20.8 Å². The summed E-state index contributed by atoms with van der Waals surface area (Å²) in [6.07, 6.45) is 0.804. The van der Waals surface area contributed by atoms with Crippen LogP contribution in [-0.4, -0.2) is 22.5 Å². The maximum absolute atomic E-state index is 12.7. The van der Waals surface area contributed by atoms with Crippen LogP contribution in [0.2, 0.25) is 0 Å². The Morgan fingerprint density at radius 3 is 2.59 bits per heavy atom. The van der Waals surface area contributed by atoms with E-state index in [2.05, 4.69) is 50.4 Å². The number of rotatable bonds is 2. The summed E-state index contributed by atoms with van der Waals surface area (Å²) in [5.41, 5.74) is 6.77. The number of thiazole rings is 1. The molecule has 4 rings (SSSR count). The van der Waals surface area contributed by atoms with Crippen molar-refractivity contribution in [3.8, 4) is 10.6 Å². The summed E-state index contributed by atoms with van der Waals surface area (Å²) in [5.74, 6) is 0. The number of urea groups is 1. The van der Waals surface area contributed by atoms with Gasteiger partial charge in [-0.2, -0.15) is 0 Å². The Balaban J connectivity index is 1.48. The number of benzene rings is 2. The van der Waals surface area contributed by atoms with Gasteiger partial charge in [0.15, 0.2) is 0 Å². The second-order valence-electron chi connectivity index (χ2n) is 7.16. The first kappa shape index (κ1) is 17.7. The second kappa shape index (κ2) is 7.16. The van der Waals surface area contributed by atoms with E-state index in [1.54, 1.807) is 11.3 Å². The smallest absolute Gasteiger partial charge is 0.319 e. The Hall–Kier alpha value is -2.66. The van der Waals surface area contributed by atoms with Crippen molar-refractivity contribution in [3.63, 3.8) is 0 Å². The van der Waals surface area contributed by atoms with E-state index < -0.39 is 0 Å². The van der Waals surface area contributed by atoms with Gasteiger partial charge in [-0.05, 0) is 44.0 Å². The molecule has 5 heteroatoms. The first-order valence-electron chi connectivity index (χ1n) is 9.18. The lowest BCUT2D eigenvalue weighted by Gasteiger charge is -2.26. The third kappa shape index (κ3) is 3.74. The Kier molecular flexibility index (Phi) is 4.70. The fraction of sp³-hybridized carbons (Fsp3) is 0.273. The van der Waals surface area contributed by atoms with Gasteiger partial charge in [0.25, 0.3) is 0 Å². The number of nitrogens with zero attached hydrogens (tertiary/aromatic N) is 2. The van der Waals surface area contributed by atoms with Crippen LogP contribution in [0.5, 0.6) is 0 Å². The lowest BCUT2D eigenvalue weighted by atomic mass is 10.1. The van der Waals surface area contributed by atoms with Gasteiger partial charge in [0, 0.05) is 29.1 Å². The normalized spacial score (nSPS) is 13.4. The Morgan fingerprint density at radius 2 is 1.85 bits per heavy atom. The largest absolute Gasteiger partial charge is 0.322 e. The van der Waals surface area contributed by atoms with Gasteiger partial charge in [-0.1, -0.05) is 35.9 Å². The number of amides is 2. The minimum atomic E-state index is -0.0470. The summed E-state index contributed by atoms with van der Waals surface area (Å²) >= 11 is 1.69. The van der Waals surface area contributed by atoms with E-state index in [1.165, 1.54) is 21.6 Å². The topological polar surface area (TPSA) is 45.2 Å². The zero-order chi connectivity index (χ0) is 19.0. The summed E-state index contributed by atoms with van der Waals surface area (Å²) in [6.45, 7) is 7.53. The van der Waals surface area contributed by atoms with E-state index in [-0.39, 0.29) is 6.03 Å². The molecule has 0 bridgehead atoms. The molecule has 0 spiro atoms. The van der Waals surface area contributed by atoms with Gasteiger partial charge >= 0.3 is 6.03 Å². The molecule has 0 unspecified atom stereocenters. The van der Waals surface area contributed by atoms with Crippen molar-refractivity contribution >= 4 is 23.1 Å². The molecule has 0 saturated carbocycles. The van der Waals surface area contributed by atoms with Crippen molar-refractivity contribution in [2.75, 3.05) is 11.9 Å². The number of aromatic nitrogens is 1. The van der Waals surface area contributed by atoms with Crippen LogP contribution >= 0.6 is 11.3 Å². The van der Waals surface area contributed by atoms with Crippen LogP contribution in [0.4, 0.5) is 10.5 Å². The quantitative estimate of drug-likeness (QED) is 0.656. The molecule has 2 amide bonds. The molecular formula is C22H23N3OS. The van der Waals surface area contributed by atoms with E-state index >= 15 is 0 Å². The molecule has 1 N–H and O–H groups in total. The third-order valence-corrected chi connectivity index (χ3v) is 6.21. The van der Waals surface area contributed by atoms with Gasteiger partial charge in [0.1, 0.15) is 5.01 Å². The average molecular weight is 378 g/mol. The number of nitrogens with one attached hydrogen (secondary N) is 1. The molecule has 1 aliphatic heterocycles. The van der Waals surface area contributed by atoms with Gasteiger partial charge in [0.05, 0.1) is 12.2 Å². The van der Waals surface area contributed by atoms with E-state index in [4.69, 9.17) is 4.98 Å². The fourth-order valence-electron chi connectivity index (χ4n) is 3.21. The first-order valence-corrected chi connectivity index (χ1v) is 10.00. The van der Waals surface area contributed by atoms with Gasteiger partial charge in [-0.3, -0.25) is 0 Å². The highest BCUT2D eigenvalue weighted by molar-refractivity contribution is 7.15. The molecule has 0 aliphatic carbocycles. The highest BCUT2D eigenvalue weighted by Gasteiger charge is 2.24. The summed E-state index contributed by atoms with van der Waals surface area (Å²) in [4.78, 5) is 20.6. The number of carbonyl (C=O) groups is 1. The maximum atomic E-state index is 12.7. The van der Waals surface area contributed by atoms with Gasteiger partial charge in [-0.15, -0.1) is 11.3 Å². The van der Waals surface area contributed by atoms with E-state index in [1.807, 2.05) is 23.1 Å². The molecule has 0 atom stereocenters. The van der Waals surface area contributed by atoms with Crippen molar-refractivity contribution in [3.05, 3.63) is 69.7 Å². The van der Waals surface area contributed by atoms with Crippen LogP contribution in [0.25, 0.3) is 10.6 Å².